The van der Waals surface area contributed by atoms with Gasteiger partial charge in [0.25, 0.3) is 0 Å². The van der Waals surface area contributed by atoms with Gasteiger partial charge in [0.05, 0.1) is 5.02 Å². The predicted octanol–water partition coefficient (Wildman–Crippen LogP) is 3.34. The number of allylic oxidation sites excluding steroid dienone is 1. The Balaban J connectivity index is 2.23. The summed E-state index contributed by atoms with van der Waals surface area (Å²) in [6.07, 6.45) is 3.33. The van der Waals surface area contributed by atoms with E-state index in [0.29, 0.717) is 23.8 Å². The molecule has 2 rings (SSSR count). The largest absolute Gasteiger partial charge is 0.481 e. The third kappa shape index (κ3) is 3.15. The van der Waals surface area contributed by atoms with Crippen LogP contribution in [0.5, 0.6) is 5.75 Å². The van der Waals surface area contributed by atoms with E-state index >= 15 is 0 Å². The Morgan fingerprint density at radius 2 is 2.25 bits per heavy atom. The SMILES string of the molecule is CC#CCOc1ccc(C2=CCCC(=O)N2C)c(Cl)c1. The van der Waals surface area contributed by atoms with Gasteiger partial charge in [-0.15, -0.1) is 5.92 Å². The summed E-state index contributed by atoms with van der Waals surface area (Å²) < 4.78 is 5.46. The van der Waals surface area contributed by atoms with Crippen LogP contribution in [-0.4, -0.2) is 24.5 Å². The normalized spacial score (nSPS) is 14.4. The van der Waals surface area contributed by atoms with E-state index < -0.39 is 0 Å². The molecule has 0 fully saturated rings. The van der Waals surface area contributed by atoms with Crippen LogP contribution >= 0.6 is 11.6 Å². The summed E-state index contributed by atoms with van der Waals surface area (Å²) in [5.74, 6) is 6.37. The Morgan fingerprint density at radius 1 is 1.45 bits per heavy atom. The maximum Gasteiger partial charge on any atom is 0.227 e. The highest BCUT2D eigenvalue weighted by Crippen LogP contribution is 2.32. The molecule has 0 spiro atoms. The van der Waals surface area contributed by atoms with Crippen LogP contribution in [0.15, 0.2) is 24.3 Å². The molecular weight excluding hydrogens is 274 g/mol. The smallest absolute Gasteiger partial charge is 0.227 e. The molecule has 20 heavy (non-hydrogen) atoms. The lowest BCUT2D eigenvalue weighted by Crippen LogP contribution is -2.27. The van der Waals surface area contributed by atoms with Crippen molar-refractivity contribution in [3.05, 3.63) is 34.9 Å². The van der Waals surface area contributed by atoms with Gasteiger partial charge in [-0.3, -0.25) is 4.79 Å². The molecule has 0 saturated heterocycles. The Labute approximate surface area is 124 Å². The first-order chi connectivity index (χ1) is 9.63. The zero-order valence-electron chi connectivity index (χ0n) is 11.6. The molecule has 0 aromatic heterocycles. The highest BCUT2D eigenvalue weighted by Gasteiger charge is 2.20. The van der Waals surface area contributed by atoms with E-state index in [1.165, 1.54) is 0 Å². The molecule has 1 aromatic rings. The number of nitrogens with zero attached hydrogens (tertiary/aromatic N) is 1. The summed E-state index contributed by atoms with van der Waals surface area (Å²) >= 11 is 6.29. The second kappa shape index (κ2) is 6.49. The average Bonchev–Trinajstić information content (AvgIpc) is 2.43. The minimum atomic E-state index is 0.108. The molecule has 4 heteroatoms. The fourth-order valence-corrected chi connectivity index (χ4v) is 2.31. The first-order valence-corrected chi connectivity index (χ1v) is 6.80. The van der Waals surface area contributed by atoms with Crippen LogP contribution in [0.1, 0.15) is 25.3 Å². The number of hydrogen-bond donors (Lipinski definition) is 0. The van der Waals surface area contributed by atoms with Crippen LogP contribution in [-0.2, 0) is 4.79 Å². The zero-order valence-corrected chi connectivity index (χ0v) is 12.3. The van der Waals surface area contributed by atoms with E-state index in [-0.39, 0.29) is 5.91 Å². The third-order valence-corrected chi connectivity index (χ3v) is 3.45. The molecule has 0 radical (unpaired) electrons. The number of ether oxygens (including phenoxy) is 1. The van der Waals surface area contributed by atoms with E-state index in [4.69, 9.17) is 16.3 Å². The van der Waals surface area contributed by atoms with Crippen molar-refractivity contribution < 1.29 is 9.53 Å². The first kappa shape index (κ1) is 14.5. The Kier molecular flexibility index (Phi) is 4.70. The molecule has 104 valence electrons. The Morgan fingerprint density at radius 3 is 2.95 bits per heavy atom. The lowest BCUT2D eigenvalue weighted by Gasteiger charge is -2.25. The molecular formula is C16H16ClNO2. The second-order valence-electron chi connectivity index (χ2n) is 4.44. The summed E-state index contributed by atoms with van der Waals surface area (Å²) in [7, 11) is 1.77. The molecule has 0 bridgehead atoms. The summed E-state index contributed by atoms with van der Waals surface area (Å²) in [6.45, 7) is 2.11. The van der Waals surface area contributed by atoms with Gasteiger partial charge < -0.3 is 9.64 Å². The van der Waals surface area contributed by atoms with Gasteiger partial charge in [0, 0.05) is 24.7 Å². The number of amides is 1. The molecule has 1 heterocycles. The number of halogens is 1. The maximum atomic E-state index is 11.7. The predicted molar refractivity (Wildman–Crippen MR) is 80.4 cm³/mol. The molecule has 0 atom stereocenters. The molecule has 1 aliphatic heterocycles. The van der Waals surface area contributed by atoms with Gasteiger partial charge in [-0.25, -0.2) is 0 Å². The number of hydrogen-bond acceptors (Lipinski definition) is 2. The Bertz CT molecular complexity index is 611. The van der Waals surface area contributed by atoms with Crippen molar-refractivity contribution in [3.63, 3.8) is 0 Å². The third-order valence-electron chi connectivity index (χ3n) is 3.14. The first-order valence-electron chi connectivity index (χ1n) is 6.42. The summed E-state index contributed by atoms with van der Waals surface area (Å²) in [5, 5.41) is 0.569. The van der Waals surface area contributed by atoms with Gasteiger partial charge in [-0.2, -0.15) is 0 Å². The van der Waals surface area contributed by atoms with Crippen LogP contribution in [0.4, 0.5) is 0 Å². The van der Waals surface area contributed by atoms with Crippen LogP contribution in [0.3, 0.4) is 0 Å². The summed E-state index contributed by atoms with van der Waals surface area (Å²) in [4.78, 5) is 13.4. The topological polar surface area (TPSA) is 29.5 Å². The van der Waals surface area contributed by atoms with Gasteiger partial charge >= 0.3 is 0 Å². The van der Waals surface area contributed by atoms with Crippen LogP contribution in [0.25, 0.3) is 5.70 Å². The zero-order chi connectivity index (χ0) is 14.5. The number of carbonyl (C=O) groups is 1. The molecule has 0 N–H and O–H groups in total. The highest BCUT2D eigenvalue weighted by atomic mass is 35.5. The van der Waals surface area contributed by atoms with E-state index in [0.717, 1.165) is 17.7 Å². The summed E-state index contributed by atoms with van der Waals surface area (Å²) in [5.41, 5.74) is 1.70. The van der Waals surface area contributed by atoms with E-state index in [2.05, 4.69) is 11.8 Å². The average molecular weight is 290 g/mol. The highest BCUT2D eigenvalue weighted by molar-refractivity contribution is 6.32. The molecule has 1 aliphatic rings. The molecule has 3 nitrogen and oxygen atoms in total. The molecule has 0 unspecified atom stereocenters. The van der Waals surface area contributed by atoms with Crippen molar-refractivity contribution in [2.45, 2.75) is 19.8 Å². The monoisotopic (exact) mass is 289 g/mol. The minimum Gasteiger partial charge on any atom is -0.481 e. The van der Waals surface area contributed by atoms with Gasteiger partial charge in [0.1, 0.15) is 12.4 Å². The van der Waals surface area contributed by atoms with Crippen molar-refractivity contribution in [1.29, 1.82) is 0 Å². The van der Waals surface area contributed by atoms with Gasteiger partial charge in [-0.1, -0.05) is 23.6 Å². The standard InChI is InChI=1S/C16H16ClNO2/c1-3-4-10-20-12-8-9-13(14(17)11-12)15-6-5-7-16(19)18(15)2/h6,8-9,11H,5,7,10H2,1-2H3. The summed E-state index contributed by atoms with van der Waals surface area (Å²) in [6, 6.07) is 5.46. The minimum absolute atomic E-state index is 0.108. The van der Waals surface area contributed by atoms with Crippen LogP contribution in [0.2, 0.25) is 5.02 Å². The maximum absolute atomic E-state index is 11.7. The number of benzene rings is 1. The molecule has 0 saturated carbocycles. The van der Waals surface area contributed by atoms with Gasteiger partial charge in [0.2, 0.25) is 5.91 Å². The van der Waals surface area contributed by atoms with Gasteiger partial charge in [-0.05, 0) is 31.5 Å². The van der Waals surface area contributed by atoms with Crippen molar-refractivity contribution in [2.24, 2.45) is 0 Å². The van der Waals surface area contributed by atoms with Crippen LogP contribution in [0, 0.1) is 11.8 Å². The fourth-order valence-electron chi connectivity index (χ4n) is 2.05. The van der Waals surface area contributed by atoms with Crippen molar-refractivity contribution in [3.8, 4) is 17.6 Å². The lowest BCUT2D eigenvalue weighted by molar-refractivity contribution is -0.127. The van der Waals surface area contributed by atoms with Gasteiger partial charge in [0.15, 0.2) is 0 Å². The second-order valence-corrected chi connectivity index (χ2v) is 4.85. The van der Waals surface area contributed by atoms with E-state index in [1.54, 1.807) is 24.9 Å². The van der Waals surface area contributed by atoms with E-state index in [9.17, 15) is 4.79 Å². The van der Waals surface area contributed by atoms with Crippen molar-refractivity contribution in [2.75, 3.05) is 13.7 Å². The lowest BCUT2D eigenvalue weighted by atomic mass is 10.0. The van der Waals surface area contributed by atoms with Crippen molar-refractivity contribution in [1.82, 2.24) is 4.90 Å². The van der Waals surface area contributed by atoms with E-state index in [1.807, 2.05) is 18.2 Å². The van der Waals surface area contributed by atoms with Crippen LogP contribution < -0.4 is 4.74 Å². The quantitative estimate of drug-likeness (QED) is 0.799. The fraction of sp³-hybridized carbons (Fsp3) is 0.312. The molecule has 1 amide bonds. The molecule has 1 aromatic carbocycles. The van der Waals surface area contributed by atoms with Crippen molar-refractivity contribution >= 4 is 23.2 Å². The number of carbonyl (C=O) groups excluding carboxylic acids is 1. The number of rotatable bonds is 3. The Hall–Kier alpha value is -1.92. The molecule has 0 aliphatic carbocycles.